The van der Waals surface area contributed by atoms with E-state index in [2.05, 4.69) is 30.4 Å². The number of aryl methyl sites for hydroxylation is 2. The number of rotatable bonds is 10. The van der Waals surface area contributed by atoms with Gasteiger partial charge >= 0.3 is 6.18 Å². The third-order valence-corrected chi connectivity index (χ3v) is 7.75. The molecule has 0 atom stereocenters. The summed E-state index contributed by atoms with van der Waals surface area (Å²) < 4.78 is 86.6. The molecule has 0 unspecified atom stereocenters. The summed E-state index contributed by atoms with van der Waals surface area (Å²) in [6, 6.07) is 6.97. The highest BCUT2D eigenvalue weighted by Crippen LogP contribution is 2.34. The van der Waals surface area contributed by atoms with Gasteiger partial charge in [0.2, 0.25) is 11.8 Å². The lowest BCUT2D eigenvalue weighted by Gasteiger charge is -2.15. The molecule has 0 aliphatic carbocycles. The number of halogens is 3. The highest BCUT2D eigenvalue weighted by molar-refractivity contribution is 7.90. The summed E-state index contributed by atoms with van der Waals surface area (Å²) in [6.07, 6.45) is 0.229. The first kappa shape index (κ1) is 32.7. The lowest BCUT2D eigenvalue weighted by atomic mass is 10.1. The Morgan fingerprint density at radius 1 is 0.936 bits per heavy atom. The van der Waals surface area contributed by atoms with Crippen LogP contribution in [0.3, 0.4) is 0 Å². The minimum absolute atomic E-state index is 0.0385. The molecule has 246 valence electrons. The van der Waals surface area contributed by atoms with Gasteiger partial charge in [-0.2, -0.15) is 31.7 Å². The number of imidazole rings is 1. The fourth-order valence-electron chi connectivity index (χ4n) is 4.32. The number of carbonyl (C=O) groups is 1. The van der Waals surface area contributed by atoms with Crippen LogP contribution in [0.1, 0.15) is 21.7 Å². The number of sulfonamides is 1. The van der Waals surface area contributed by atoms with E-state index < -0.39 is 32.8 Å². The fraction of sp³-hybridized carbons (Fsp3) is 0.214. The Labute approximate surface area is 265 Å². The number of carbonyl (C=O) groups excluding carboxylic acids is 1. The summed E-state index contributed by atoms with van der Waals surface area (Å²) in [5.74, 6) is -0.606. The predicted octanol–water partition coefficient (Wildman–Crippen LogP) is 3.67. The van der Waals surface area contributed by atoms with Crippen LogP contribution < -0.4 is 24.2 Å². The Hall–Kier alpha value is -5.72. The van der Waals surface area contributed by atoms with Crippen LogP contribution >= 0.6 is 0 Å². The van der Waals surface area contributed by atoms with Crippen molar-refractivity contribution in [1.82, 2.24) is 39.0 Å². The highest BCUT2D eigenvalue weighted by Gasteiger charge is 2.35. The van der Waals surface area contributed by atoms with Crippen LogP contribution in [0, 0.1) is 6.92 Å². The summed E-state index contributed by atoms with van der Waals surface area (Å²) in [7, 11) is 1.31. The number of hydrogen-bond donors (Lipinski definition) is 2. The van der Waals surface area contributed by atoms with Gasteiger partial charge in [-0.3, -0.25) is 4.79 Å². The van der Waals surface area contributed by atoms with Gasteiger partial charge < -0.3 is 24.1 Å². The zero-order valence-electron chi connectivity index (χ0n) is 25.3. The summed E-state index contributed by atoms with van der Waals surface area (Å²) in [6.45, 7) is 1.40. The second-order valence-corrected chi connectivity index (χ2v) is 11.5. The number of pyridine rings is 1. The molecule has 0 radical (unpaired) electrons. The lowest BCUT2D eigenvalue weighted by molar-refractivity contribution is -0.141. The monoisotopic (exact) mass is 673 g/mol. The van der Waals surface area contributed by atoms with E-state index in [4.69, 9.17) is 14.2 Å². The van der Waals surface area contributed by atoms with E-state index in [0.717, 1.165) is 10.7 Å². The first-order valence-electron chi connectivity index (χ1n) is 13.3. The number of anilines is 2. The molecule has 1 amide bonds. The van der Waals surface area contributed by atoms with Crippen molar-refractivity contribution < 1.29 is 40.6 Å². The van der Waals surface area contributed by atoms with E-state index >= 15 is 0 Å². The number of ether oxygens (including phenoxy) is 3. The van der Waals surface area contributed by atoms with Gasteiger partial charge in [-0.1, -0.05) is 0 Å². The normalized spacial score (nSPS) is 11.7. The van der Waals surface area contributed by atoms with Crippen molar-refractivity contribution >= 4 is 27.6 Å². The maximum atomic E-state index is 13.6. The minimum atomic E-state index is -4.76. The molecule has 0 bridgehead atoms. The van der Waals surface area contributed by atoms with Crippen LogP contribution in [0.5, 0.6) is 17.4 Å². The second kappa shape index (κ2) is 12.6. The van der Waals surface area contributed by atoms with E-state index in [1.807, 2.05) is 4.72 Å². The molecule has 0 aliphatic rings. The number of hydrogen-bond acceptors (Lipinski definition) is 12. The molecule has 5 rings (SSSR count). The smallest absolute Gasteiger partial charge is 0.435 e. The number of methoxy groups -OCH3 is 3. The van der Waals surface area contributed by atoms with Crippen molar-refractivity contribution in [3.05, 3.63) is 72.2 Å². The zero-order valence-corrected chi connectivity index (χ0v) is 26.1. The first-order chi connectivity index (χ1) is 22.2. The van der Waals surface area contributed by atoms with Gasteiger partial charge in [0, 0.05) is 66.3 Å². The minimum Gasteiger partial charge on any atom is -0.497 e. The van der Waals surface area contributed by atoms with Gasteiger partial charge in [-0.25, -0.2) is 24.4 Å². The van der Waals surface area contributed by atoms with Gasteiger partial charge in [-0.15, -0.1) is 0 Å². The van der Waals surface area contributed by atoms with Crippen LogP contribution in [0.15, 0.2) is 60.3 Å². The molecule has 47 heavy (non-hydrogen) atoms. The van der Waals surface area contributed by atoms with Crippen LogP contribution in [-0.2, 0) is 23.2 Å². The summed E-state index contributed by atoms with van der Waals surface area (Å²) in [4.78, 5) is 29.9. The van der Waals surface area contributed by atoms with E-state index in [1.54, 1.807) is 25.2 Å². The quantitative estimate of drug-likeness (QED) is 0.220. The van der Waals surface area contributed by atoms with Crippen molar-refractivity contribution in [2.45, 2.75) is 18.1 Å². The largest absolute Gasteiger partial charge is 0.497 e. The first-order valence-corrected chi connectivity index (χ1v) is 14.8. The Kier molecular flexibility index (Phi) is 8.75. The Bertz CT molecular complexity index is 2060. The molecule has 0 saturated heterocycles. The van der Waals surface area contributed by atoms with Crippen LogP contribution in [0.2, 0.25) is 0 Å². The Balaban J connectivity index is 1.62. The topological polar surface area (TPSA) is 177 Å². The zero-order chi connectivity index (χ0) is 34.1. The van der Waals surface area contributed by atoms with E-state index in [0.29, 0.717) is 17.2 Å². The van der Waals surface area contributed by atoms with Crippen molar-refractivity contribution in [2.24, 2.45) is 7.05 Å². The SMILES string of the molecule is COc1cc(Nc2ncc(-c3cnc(OC)c(C(=O)NS(=O)(=O)c4cn(C)cn4)c3)c(-n3nc(C(F)(F)F)cc3C)n2)cc(OC)c1. The van der Waals surface area contributed by atoms with Gasteiger partial charge in [0.25, 0.3) is 15.9 Å². The molecule has 15 nitrogen and oxygen atoms in total. The number of nitrogens with one attached hydrogen (secondary N) is 2. The van der Waals surface area contributed by atoms with Crippen LogP contribution in [0.25, 0.3) is 16.9 Å². The lowest BCUT2D eigenvalue weighted by Crippen LogP contribution is -2.31. The third-order valence-electron chi connectivity index (χ3n) is 6.54. The Morgan fingerprint density at radius 3 is 2.21 bits per heavy atom. The second-order valence-electron chi connectivity index (χ2n) is 9.83. The summed E-state index contributed by atoms with van der Waals surface area (Å²) >= 11 is 0. The molecule has 0 fully saturated rings. The standard InChI is InChI=1S/C28H26F3N9O6S/c1-15-6-22(28(29,30)31)37-40(15)24-21(12-33-27(36-24)35-17-8-18(44-3)10-19(9-17)45-4)16-7-20(26(46-5)32-11-16)25(41)38-47(42,43)23-13-39(2)14-34-23/h6-14H,1-5H3,(H,38,41)(H,33,35,36). The molecule has 0 saturated carbocycles. The van der Waals surface area contributed by atoms with Crippen LogP contribution in [0.4, 0.5) is 24.8 Å². The Morgan fingerprint density at radius 2 is 1.64 bits per heavy atom. The molecule has 2 N–H and O–H groups in total. The third kappa shape index (κ3) is 6.93. The van der Waals surface area contributed by atoms with E-state index in [1.165, 1.54) is 63.8 Å². The number of nitrogens with zero attached hydrogens (tertiary/aromatic N) is 7. The predicted molar refractivity (Wildman–Crippen MR) is 159 cm³/mol. The van der Waals surface area contributed by atoms with Crippen molar-refractivity contribution in [2.75, 3.05) is 26.6 Å². The van der Waals surface area contributed by atoms with Gasteiger partial charge in [0.1, 0.15) is 17.1 Å². The molecular formula is C28H26F3N9O6S. The molecule has 4 heterocycles. The van der Waals surface area contributed by atoms with Crippen molar-refractivity contribution in [3.8, 4) is 34.3 Å². The summed E-state index contributed by atoms with van der Waals surface area (Å²) in [5, 5.41) is 6.30. The van der Waals surface area contributed by atoms with Crippen molar-refractivity contribution in [1.29, 1.82) is 0 Å². The molecular weight excluding hydrogens is 647 g/mol. The van der Waals surface area contributed by atoms with Gasteiger partial charge in [-0.05, 0) is 19.1 Å². The van der Waals surface area contributed by atoms with Gasteiger partial charge in [0.15, 0.2) is 16.5 Å². The molecule has 1 aromatic carbocycles. The van der Waals surface area contributed by atoms with E-state index in [-0.39, 0.29) is 40.0 Å². The average molecular weight is 674 g/mol. The maximum absolute atomic E-state index is 13.6. The number of aromatic nitrogens is 7. The number of amides is 1. The van der Waals surface area contributed by atoms with Crippen molar-refractivity contribution in [3.63, 3.8) is 0 Å². The van der Waals surface area contributed by atoms with Crippen LogP contribution in [-0.4, -0.2) is 69.9 Å². The molecule has 19 heteroatoms. The molecule has 0 spiro atoms. The van der Waals surface area contributed by atoms with E-state index in [9.17, 15) is 26.4 Å². The highest BCUT2D eigenvalue weighted by atomic mass is 32.2. The average Bonchev–Trinajstić information content (AvgIpc) is 3.66. The molecule has 4 aromatic heterocycles. The maximum Gasteiger partial charge on any atom is 0.435 e. The fourth-order valence-corrected chi connectivity index (χ4v) is 5.27. The number of benzene rings is 1. The summed E-state index contributed by atoms with van der Waals surface area (Å²) in [5.41, 5.74) is -0.747. The molecule has 5 aromatic rings. The van der Waals surface area contributed by atoms with Gasteiger partial charge in [0.05, 0.1) is 27.7 Å². The molecule has 0 aliphatic heterocycles. The number of alkyl halides is 3.